The van der Waals surface area contributed by atoms with Crippen molar-refractivity contribution in [2.75, 3.05) is 0 Å². The first kappa shape index (κ1) is 13.7. The van der Waals surface area contributed by atoms with Gasteiger partial charge in [0.25, 0.3) is 0 Å². The molecule has 0 amide bonds. The highest BCUT2D eigenvalue weighted by molar-refractivity contribution is 5.82. The standard InChI is InChI=1S/C18H15N3O2/c1-11-7-14-13(9-18(22)23-17(14)8-12(11)2)10-21-16-6-4-3-5-15(16)19-20-21/h3-9H,10H2,1-2H3. The summed E-state index contributed by atoms with van der Waals surface area (Å²) in [5, 5.41) is 9.30. The molecule has 0 saturated carbocycles. The molecule has 0 radical (unpaired) electrons. The molecule has 23 heavy (non-hydrogen) atoms. The minimum absolute atomic E-state index is 0.347. The van der Waals surface area contributed by atoms with Gasteiger partial charge in [-0.1, -0.05) is 17.3 Å². The molecule has 0 aliphatic carbocycles. The number of fused-ring (bicyclic) bond motifs is 2. The molecule has 5 nitrogen and oxygen atoms in total. The van der Waals surface area contributed by atoms with E-state index in [1.807, 2.05) is 37.3 Å². The van der Waals surface area contributed by atoms with Gasteiger partial charge in [0.2, 0.25) is 0 Å². The average Bonchev–Trinajstić information content (AvgIpc) is 2.93. The zero-order valence-corrected chi connectivity index (χ0v) is 12.9. The topological polar surface area (TPSA) is 60.9 Å². The van der Waals surface area contributed by atoms with Crippen molar-refractivity contribution in [1.29, 1.82) is 0 Å². The minimum atomic E-state index is -0.347. The summed E-state index contributed by atoms with van der Waals surface area (Å²) in [6, 6.07) is 13.3. The fourth-order valence-electron chi connectivity index (χ4n) is 2.81. The smallest absolute Gasteiger partial charge is 0.336 e. The summed E-state index contributed by atoms with van der Waals surface area (Å²) < 4.78 is 7.15. The van der Waals surface area contributed by atoms with E-state index in [-0.39, 0.29) is 5.63 Å². The SMILES string of the molecule is Cc1cc2oc(=O)cc(Cn3nnc4ccccc43)c2cc1C. The van der Waals surface area contributed by atoms with Gasteiger partial charge >= 0.3 is 5.63 Å². The van der Waals surface area contributed by atoms with Crippen LogP contribution in [0.25, 0.3) is 22.0 Å². The molecule has 2 aromatic carbocycles. The molecule has 0 aliphatic heterocycles. The lowest BCUT2D eigenvalue weighted by atomic mass is 10.0. The molecule has 0 fully saturated rings. The Morgan fingerprint density at radius 2 is 1.87 bits per heavy atom. The summed E-state index contributed by atoms with van der Waals surface area (Å²) in [6.45, 7) is 4.53. The zero-order chi connectivity index (χ0) is 16.0. The summed E-state index contributed by atoms with van der Waals surface area (Å²) in [4.78, 5) is 11.9. The van der Waals surface area contributed by atoms with E-state index in [1.54, 1.807) is 4.68 Å². The first-order valence-corrected chi connectivity index (χ1v) is 7.44. The Balaban J connectivity index is 1.91. The molecule has 2 heterocycles. The third-order valence-corrected chi connectivity index (χ3v) is 4.18. The van der Waals surface area contributed by atoms with Crippen molar-refractivity contribution in [1.82, 2.24) is 15.0 Å². The number of rotatable bonds is 2. The molecular formula is C18H15N3O2. The highest BCUT2D eigenvalue weighted by Crippen LogP contribution is 2.23. The number of hydrogen-bond donors (Lipinski definition) is 0. The van der Waals surface area contributed by atoms with Crippen LogP contribution in [0.3, 0.4) is 0 Å². The van der Waals surface area contributed by atoms with Crippen LogP contribution in [0.4, 0.5) is 0 Å². The molecule has 4 rings (SSSR count). The molecule has 2 aromatic heterocycles. The van der Waals surface area contributed by atoms with E-state index in [0.29, 0.717) is 12.1 Å². The van der Waals surface area contributed by atoms with Crippen LogP contribution in [0, 0.1) is 13.8 Å². The fourth-order valence-corrected chi connectivity index (χ4v) is 2.81. The first-order chi connectivity index (χ1) is 11.1. The molecule has 0 N–H and O–H groups in total. The summed E-state index contributed by atoms with van der Waals surface area (Å²) in [5.74, 6) is 0. The van der Waals surface area contributed by atoms with Gasteiger partial charge in [-0.2, -0.15) is 0 Å². The maximum atomic E-state index is 11.9. The molecule has 0 bridgehead atoms. The van der Waals surface area contributed by atoms with Crippen molar-refractivity contribution >= 4 is 22.0 Å². The van der Waals surface area contributed by atoms with Crippen molar-refractivity contribution in [3.8, 4) is 0 Å². The van der Waals surface area contributed by atoms with Gasteiger partial charge in [0.1, 0.15) is 11.1 Å². The monoisotopic (exact) mass is 305 g/mol. The van der Waals surface area contributed by atoms with Gasteiger partial charge in [-0.05, 0) is 54.8 Å². The zero-order valence-electron chi connectivity index (χ0n) is 12.9. The molecule has 0 saturated heterocycles. The highest BCUT2D eigenvalue weighted by atomic mass is 16.4. The Bertz CT molecular complexity index is 1090. The second-order valence-corrected chi connectivity index (χ2v) is 5.76. The minimum Gasteiger partial charge on any atom is -0.423 e. The lowest BCUT2D eigenvalue weighted by Gasteiger charge is -2.08. The van der Waals surface area contributed by atoms with Crippen molar-refractivity contribution in [2.24, 2.45) is 0 Å². The van der Waals surface area contributed by atoms with Gasteiger partial charge in [-0.25, -0.2) is 9.48 Å². The van der Waals surface area contributed by atoms with Crippen molar-refractivity contribution in [2.45, 2.75) is 20.4 Å². The van der Waals surface area contributed by atoms with Crippen LogP contribution < -0.4 is 5.63 Å². The number of aryl methyl sites for hydroxylation is 2. The first-order valence-electron chi connectivity index (χ1n) is 7.44. The van der Waals surface area contributed by atoms with Gasteiger partial charge < -0.3 is 4.42 Å². The number of aromatic nitrogens is 3. The van der Waals surface area contributed by atoms with Crippen LogP contribution in [0.15, 0.2) is 51.7 Å². The van der Waals surface area contributed by atoms with E-state index in [4.69, 9.17) is 4.42 Å². The predicted octanol–water partition coefficient (Wildman–Crippen LogP) is 3.20. The van der Waals surface area contributed by atoms with Crippen molar-refractivity contribution in [3.63, 3.8) is 0 Å². The molecule has 0 unspecified atom stereocenters. The lowest BCUT2D eigenvalue weighted by molar-refractivity contribution is 0.555. The lowest BCUT2D eigenvalue weighted by Crippen LogP contribution is -2.07. The molecule has 4 aromatic rings. The molecule has 0 aliphatic rings. The van der Waals surface area contributed by atoms with Crippen LogP contribution >= 0.6 is 0 Å². The van der Waals surface area contributed by atoms with Gasteiger partial charge in [-0.15, -0.1) is 5.10 Å². The van der Waals surface area contributed by atoms with Gasteiger partial charge in [0.05, 0.1) is 12.1 Å². The number of para-hydroxylation sites is 1. The van der Waals surface area contributed by atoms with Crippen molar-refractivity contribution < 1.29 is 4.42 Å². The number of benzene rings is 2. The third-order valence-electron chi connectivity index (χ3n) is 4.18. The van der Waals surface area contributed by atoms with Crippen LogP contribution in [0.5, 0.6) is 0 Å². The van der Waals surface area contributed by atoms with E-state index in [2.05, 4.69) is 23.3 Å². The van der Waals surface area contributed by atoms with Gasteiger partial charge in [0, 0.05) is 11.5 Å². The summed E-state index contributed by atoms with van der Waals surface area (Å²) >= 11 is 0. The Morgan fingerprint density at radius 3 is 2.74 bits per heavy atom. The molecule has 5 heteroatoms. The van der Waals surface area contributed by atoms with E-state index in [9.17, 15) is 4.79 Å². The fraction of sp³-hybridized carbons (Fsp3) is 0.167. The Kier molecular flexibility index (Phi) is 3.01. The van der Waals surface area contributed by atoms with E-state index in [1.165, 1.54) is 6.07 Å². The van der Waals surface area contributed by atoms with E-state index >= 15 is 0 Å². The Morgan fingerprint density at radius 1 is 1.09 bits per heavy atom. The van der Waals surface area contributed by atoms with E-state index < -0.39 is 0 Å². The third kappa shape index (κ3) is 2.30. The maximum Gasteiger partial charge on any atom is 0.336 e. The van der Waals surface area contributed by atoms with Crippen LogP contribution in [0.2, 0.25) is 0 Å². The summed E-state index contributed by atoms with van der Waals surface area (Å²) in [6.07, 6.45) is 0. The molecule has 114 valence electrons. The summed E-state index contributed by atoms with van der Waals surface area (Å²) in [7, 11) is 0. The number of nitrogens with zero attached hydrogens (tertiary/aromatic N) is 3. The van der Waals surface area contributed by atoms with Crippen LogP contribution in [0.1, 0.15) is 16.7 Å². The largest absolute Gasteiger partial charge is 0.423 e. The predicted molar refractivity (Wildman–Crippen MR) is 88.6 cm³/mol. The van der Waals surface area contributed by atoms with Crippen LogP contribution in [-0.4, -0.2) is 15.0 Å². The number of hydrogen-bond acceptors (Lipinski definition) is 4. The van der Waals surface area contributed by atoms with Gasteiger partial charge in [-0.3, -0.25) is 0 Å². The Hall–Kier alpha value is -2.95. The normalized spacial score (nSPS) is 11.4. The molecule has 0 atom stereocenters. The van der Waals surface area contributed by atoms with Gasteiger partial charge in [0.15, 0.2) is 0 Å². The molecular weight excluding hydrogens is 290 g/mol. The van der Waals surface area contributed by atoms with E-state index in [0.717, 1.165) is 33.1 Å². The van der Waals surface area contributed by atoms with Crippen LogP contribution in [-0.2, 0) is 6.54 Å². The molecule has 0 spiro atoms. The summed E-state index contributed by atoms with van der Waals surface area (Å²) in [5.41, 5.74) is 5.19. The second kappa shape index (κ2) is 5.05. The van der Waals surface area contributed by atoms with Crippen molar-refractivity contribution in [3.05, 3.63) is 69.6 Å². The highest BCUT2D eigenvalue weighted by Gasteiger charge is 2.11. The second-order valence-electron chi connectivity index (χ2n) is 5.76. The average molecular weight is 305 g/mol. The maximum absolute atomic E-state index is 11.9. The quantitative estimate of drug-likeness (QED) is 0.534. The Labute approximate surface area is 132 Å².